The molecule has 0 amide bonds. The molecule has 1 aliphatic rings. The Balaban J connectivity index is 2.26. The average molecular weight is 295 g/mol. The number of hydrogen-bond donors (Lipinski definition) is 0. The quantitative estimate of drug-likeness (QED) is 0.423. The molecule has 2 nitrogen and oxygen atoms in total. The fourth-order valence-corrected chi connectivity index (χ4v) is 3.21. The summed E-state index contributed by atoms with van der Waals surface area (Å²) in [5, 5.41) is 0. The topological polar surface area (TPSA) is 6.48 Å². The molecule has 1 heterocycles. The van der Waals surface area contributed by atoms with Crippen LogP contribution in [0.5, 0.6) is 0 Å². The third kappa shape index (κ3) is 6.76. The maximum Gasteiger partial charge on any atom is 0.101 e. The highest BCUT2D eigenvalue weighted by Crippen LogP contribution is 2.24. The van der Waals surface area contributed by atoms with E-state index in [4.69, 9.17) is 0 Å². The average Bonchev–Trinajstić information content (AvgIpc) is 2.87. The second-order valence-electron chi connectivity index (χ2n) is 6.82. The Morgan fingerprint density at radius 2 is 1.43 bits per heavy atom. The Labute approximate surface area is 133 Å². The van der Waals surface area contributed by atoms with Gasteiger partial charge < -0.3 is 9.80 Å². The van der Waals surface area contributed by atoms with E-state index in [1.165, 1.54) is 70.8 Å². The zero-order valence-corrected chi connectivity index (χ0v) is 15.0. The van der Waals surface area contributed by atoms with Crippen molar-refractivity contribution in [3.63, 3.8) is 0 Å². The van der Waals surface area contributed by atoms with Crippen molar-refractivity contribution in [1.29, 1.82) is 0 Å². The molecule has 2 heteroatoms. The summed E-state index contributed by atoms with van der Waals surface area (Å²) in [4.78, 5) is 5.12. The van der Waals surface area contributed by atoms with Gasteiger partial charge in [0, 0.05) is 25.0 Å². The first-order valence-electron chi connectivity index (χ1n) is 9.42. The van der Waals surface area contributed by atoms with Gasteiger partial charge in [0.1, 0.15) is 6.17 Å². The minimum absolute atomic E-state index is 0.613. The molecule has 1 unspecified atom stereocenters. The molecular weight excluding hydrogens is 256 g/mol. The van der Waals surface area contributed by atoms with Crippen molar-refractivity contribution in [2.24, 2.45) is 0 Å². The van der Waals surface area contributed by atoms with Gasteiger partial charge in [-0.05, 0) is 33.1 Å². The largest absolute Gasteiger partial charge is 0.356 e. The van der Waals surface area contributed by atoms with Crippen LogP contribution in [0.3, 0.4) is 0 Å². The SMILES string of the molecule is CCCCCCCCCC1N(CCCC)C=CN1C(C)C. The minimum atomic E-state index is 0.613. The van der Waals surface area contributed by atoms with Gasteiger partial charge in [0.2, 0.25) is 0 Å². The second kappa shape index (κ2) is 11.0. The van der Waals surface area contributed by atoms with Gasteiger partial charge in [-0.25, -0.2) is 0 Å². The molecule has 0 aromatic heterocycles. The van der Waals surface area contributed by atoms with Crippen LogP contribution in [0, 0.1) is 0 Å². The molecule has 0 radical (unpaired) electrons. The fourth-order valence-electron chi connectivity index (χ4n) is 3.21. The van der Waals surface area contributed by atoms with Crippen LogP contribution in [0.2, 0.25) is 0 Å². The fraction of sp³-hybridized carbons (Fsp3) is 0.895. The van der Waals surface area contributed by atoms with Gasteiger partial charge in [0.05, 0.1) is 0 Å². The molecule has 124 valence electrons. The third-order valence-corrected chi connectivity index (χ3v) is 4.59. The summed E-state index contributed by atoms with van der Waals surface area (Å²) in [6, 6.07) is 0.613. The van der Waals surface area contributed by atoms with Crippen LogP contribution < -0.4 is 0 Å². The molecule has 0 aliphatic carbocycles. The van der Waals surface area contributed by atoms with Crippen molar-refractivity contribution in [2.75, 3.05) is 6.54 Å². The van der Waals surface area contributed by atoms with Crippen molar-refractivity contribution in [2.45, 2.75) is 104 Å². The van der Waals surface area contributed by atoms with E-state index in [0.29, 0.717) is 12.2 Å². The molecule has 1 aliphatic heterocycles. The van der Waals surface area contributed by atoms with E-state index < -0.39 is 0 Å². The molecule has 0 N–H and O–H groups in total. The highest BCUT2D eigenvalue weighted by molar-refractivity contribution is 4.98. The molecule has 1 rings (SSSR count). The summed E-state index contributed by atoms with van der Waals surface area (Å²) in [5.74, 6) is 0. The van der Waals surface area contributed by atoms with Crippen LogP contribution in [-0.4, -0.2) is 28.6 Å². The summed E-state index contributed by atoms with van der Waals surface area (Å²) in [6.45, 7) is 10.4. The molecule has 0 spiro atoms. The van der Waals surface area contributed by atoms with Crippen LogP contribution in [-0.2, 0) is 0 Å². The molecule has 0 saturated heterocycles. The van der Waals surface area contributed by atoms with E-state index in [-0.39, 0.29) is 0 Å². The Morgan fingerprint density at radius 3 is 2.05 bits per heavy atom. The predicted octanol–water partition coefficient (Wildman–Crippen LogP) is 5.75. The molecule has 0 saturated carbocycles. The summed E-state index contributed by atoms with van der Waals surface area (Å²) in [6.07, 6.45) is 19.0. The van der Waals surface area contributed by atoms with Crippen molar-refractivity contribution < 1.29 is 0 Å². The van der Waals surface area contributed by atoms with Gasteiger partial charge in [-0.15, -0.1) is 0 Å². The molecule has 0 aromatic carbocycles. The summed E-state index contributed by atoms with van der Waals surface area (Å²) in [7, 11) is 0. The standard InChI is InChI=1S/C19H38N2/c1-5-7-9-10-11-12-13-14-19-20(15-8-6-2)16-17-21(19)18(3)4/h16-19H,5-15H2,1-4H3. The minimum Gasteiger partial charge on any atom is -0.356 e. The van der Waals surface area contributed by atoms with E-state index in [2.05, 4.69) is 49.9 Å². The van der Waals surface area contributed by atoms with Crippen molar-refractivity contribution in [3.05, 3.63) is 12.4 Å². The van der Waals surface area contributed by atoms with Crippen molar-refractivity contribution in [1.82, 2.24) is 9.80 Å². The second-order valence-corrected chi connectivity index (χ2v) is 6.82. The smallest absolute Gasteiger partial charge is 0.101 e. The first-order valence-corrected chi connectivity index (χ1v) is 9.42. The number of rotatable bonds is 12. The van der Waals surface area contributed by atoms with E-state index in [1.807, 2.05) is 0 Å². The maximum absolute atomic E-state index is 2.57. The molecule has 21 heavy (non-hydrogen) atoms. The summed E-state index contributed by atoms with van der Waals surface area (Å²) >= 11 is 0. The highest BCUT2D eigenvalue weighted by Gasteiger charge is 2.26. The van der Waals surface area contributed by atoms with Gasteiger partial charge in [-0.3, -0.25) is 0 Å². The number of nitrogens with zero attached hydrogens (tertiary/aromatic N) is 2. The molecule has 0 bridgehead atoms. The Hall–Kier alpha value is -0.660. The normalized spacial score (nSPS) is 18.2. The Morgan fingerprint density at radius 1 is 0.810 bits per heavy atom. The van der Waals surface area contributed by atoms with Crippen LogP contribution in [0.4, 0.5) is 0 Å². The van der Waals surface area contributed by atoms with Crippen LogP contribution in [0.25, 0.3) is 0 Å². The highest BCUT2D eigenvalue weighted by atomic mass is 15.4. The lowest BCUT2D eigenvalue weighted by molar-refractivity contribution is 0.114. The number of hydrogen-bond acceptors (Lipinski definition) is 2. The van der Waals surface area contributed by atoms with Crippen molar-refractivity contribution >= 4 is 0 Å². The maximum atomic E-state index is 2.57. The Kier molecular flexibility index (Phi) is 9.62. The molecular formula is C19H38N2. The summed E-state index contributed by atoms with van der Waals surface area (Å²) in [5.41, 5.74) is 0. The first-order chi connectivity index (χ1) is 10.2. The van der Waals surface area contributed by atoms with E-state index in [0.717, 1.165) is 0 Å². The molecule has 1 atom stereocenters. The van der Waals surface area contributed by atoms with Gasteiger partial charge >= 0.3 is 0 Å². The lowest BCUT2D eigenvalue weighted by atomic mass is 10.1. The van der Waals surface area contributed by atoms with E-state index in [9.17, 15) is 0 Å². The molecule has 0 fully saturated rings. The monoisotopic (exact) mass is 294 g/mol. The Bertz CT molecular complexity index is 273. The zero-order valence-electron chi connectivity index (χ0n) is 15.0. The third-order valence-electron chi connectivity index (χ3n) is 4.59. The predicted molar refractivity (Wildman–Crippen MR) is 94.1 cm³/mol. The lowest BCUT2D eigenvalue weighted by Gasteiger charge is -2.35. The zero-order chi connectivity index (χ0) is 15.5. The van der Waals surface area contributed by atoms with Crippen molar-refractivity contribution in [3.8, 4) is 0 Å². The van der Waals surface area contributed by atoms with Gasteiger partial charge in [0.25, 0.3) is 0 Å². The number of unbranched alkanes of at least 4 members (excludes halogenated alkanes) is 7. The van der Waals surface area contributed by atoms with Crippen LogP contribution >= 0.6 is 0 Å². The summed E-state index contributed by atoms with van der Waals surface area (Å²) < 4.78 is 0. The molecule has 0 aromatic rings. The van der Waals surface area contributed by atoms with Gasteiger partial charge in [-0.1, -0.05) is 58.8 Å². The van der Waals surface area contributed by atoms with Crippen LogP contribution in [0.15, 0.2) is 12.4 Å². The van der Waals surface area contributed by atoms with E-state index >= 15 is 0 Å². The van der Waals surface area contributed by atoms with Crippen LogP contribution in [0.1, 0.15) is 91.9 Å². The van der Waals surface area contributed by atoms with Gasteiger partial charge in [0.15, 0.2) is 0 Å². The lowest BCUT2D eigenvalue weighted by Crippen LogP contribution is -2.42. The first kappa shape index (κ1) is 18.4. The van der Waals surface area contributed by atoms with E-state index in [1.54, 1.807) is 0 Å². The van der Waals surface area contributed by atoms with Gasteiger partial charge in [-0.2, -0.15) is 0 Å².